The molecule has 0 amide bonds. The van der Waals surface area contributed by atoms with Crippen LogP contribution < -0.4 is 5.32 Å². The van der Waals surface area contributed by atoms with Gasteiger partial charge in [0, 0.05) is 13.2 Å². The molecule has 2 atom stereocenters. The van der Waals surface area contributed by atoms with E-state index in [9.17, 15) is 0 Å². The molecule has 0 bridgehead atoms. The van der Waals surface area contributed by atoms with Crippen molar-refractivity contribution in [2.75, 3.05) is 40.6 Å². The zero-order valence-electron chi connectivity index (χ0n) is 10.5. The van der Waals surface area contributed by atoms with Gasteiger partial charge in [0.1, 0.15) is 0 Å². The van der Waals surface area contributed by atoms with Crippen LogP contribution in [-0.4, -0.2) is 52.7 Å². The third kappa shape index (κ3) is 5.80. The summed E-state index contributed by atoms with van der Waals surface area (Å²) in [6.07, 6.45) is 5.28. The van der Waals surface area contributed by atoms with Crippen molar-refractivity contribution in [3.63, 3.8) is 0 Å². The van der Waals surface area contributed by atoms with E-state index < -0.39 is 0 Å². The van der Waals surface area contributed by atoms with Gasteiger partial charge < -0.3 is 19.5 Å². The highest BCUT2D eigenvalue weighted by molar-refractivity contribution is 4.77. The van der Waals surface area contributed by atoms with Crippen molar-refractivity contribution in [2.45, 2.75) is 37.8 Å². The molecule has 0 radical (unpaired) electrons. The number of nitrogens with one attached hydrogen (secondary N) is 1. The van der Waals surface area contributed by atoms with Gasteiger partial charge in [0.15, 0.2) is 0 Å². The topological polar surface area (TPSA) is 39.7 Å². The molecule has 16 heavy (non-hydrogen) atoms. The van der Waals surface area contributed by atoms with Crippen molar-refractivity contribution in [1.29, 1.82) is 0 Å². The Hall–Kier alpha value is -0.160. The van der Waals surface area contributed by atoms with E-state index in [1.165, 1.54) is 19.3 Å². The van der Waals surface area contributed by atoms with Gasteiger partial charge in [0.2, 0.25) is 0 Å². The molecule has 0 heterocycles. The van der Waals surface area contributed by atoms with Crippen LogP contribution in [0.15, 0.2) is 0 Å². The molecule has 1 aliphatic carbocycles. The van der Waals surface area contributed by atoms with Gasteiger partial charge in [-0.05, 0) is 32.7 Å². The van der Waals surface area contributed by atoms with Crippen molar-refractivity contribution in [3.8, 4) is 0 Å². The van der Waals surface area contributed by atoms with Crippen molar-refractivity contribution in [3.05, 3.63) is 0 Å². The van der Waals surface area contributed by atoms with E-state index in [1.807, 2.05) is 7.05 Å². The number of rotatable bonds is 8. The average Bonchev–Trinajstić information content (AvgIpc) is 2.34. The summed E-state index contributed by atoms with van der Waals surface area (Å²) < 4.78 is 16.0. The van der Waals surface area contributed by atoms with E-state index in [0.717, 1.165) is 6.42 Å². The van der Waals surface area contributed by atoms with Gasteiger partial charge in [0.05, 0.1) is 32.5 Å². The molecule has 0 spiro atoms. The minimum atomic E-state index is 0.414. The first-order chi connectivity index (χ1) is 7.86. The van der Waals surface area contributed by atoms with E-state index in [-0.39, 0.29) is 0 Å². The fourth-order valence-electron chi connectivity index (χ4n) is 2.08. The van der Waals surface area contributed by atoms with Gasteiger partial charge in [-0.25, -0.2) is 0 Å². The quantitative estimate of drug-likeness (QED) is 0.637. The second-order valence-corrected chi connectivity index (χ2v) is 4.25. The van der Waals surface area contributed by atoms with Crippen molar-refractivity contribution in [2.24, 2.45) is 0 Å². The fraction of sp³-hybridized carbons (Fsp3) is 1.00. The molecule has 1 fully saturated rings. The summed E-state index contributed by atoms with van der Waals surface area (Å²) in [5, 5.41) is 3.32. The Balaban J connectivity index is 1.95. The third-order valence-electron chi connectivity index (χ3n) is 3.05. The van der Waals surface area contributed by atoms with E-state index >= 15 is 0 Å². The molecule has 1 N–H and O–H groups in total. The molecule has 1 aliphatic rings. The first-order valence-electron chi connectivity index (χ1n) is 6.22. The van der Waals surface area contributed by atoms with Gasteiger partial charge in [-0.1, -0.05) is 0 Å². The molecule has 96 valence electrons. The maximum absolute atomic E-state index is 5.79. The van der Waals surface area contributed by atoms with Crippen molar-refractivity contribution in [1.82, 2.24) is 5.32 Å². The minimum absolute atomic E-state index is 0.414. The Bertz CT molecular complexity index is 166. The Labute approximate surface area is 98.6 Å². The van der Waals surface area contributed by atoms with Crippen LogP contribution in [0.1, 0.15) is 25.7 Å². The Morgan fingerprint density at radius 3 is 2.69 bits per heavy atom. The van der Waals surface area contributed by atoms with E-state index in [0.29, 0.717) is 38.6 Å². The first-order valence-corrected chi connectivity index (χ1v) is 6.22. The molecule has 2 unspecified atom stereocenters. The number of ether oxygens (including phenoxy) is 3. The normalized spacial score (nSPS) is 25.9. The second-order valence-electron chi connectivity index (χ2n) is 4.25. The zero-order valence-corrected chi connectivity index (χ0v) is 10.5. The lowest BCUT2D eigenvalue weighted by Crippen LogP contribution is -2.35. The maximum atomic E-state index is 5.79. The summed E-state index contributed by atoms with van der Waals surface area (Å²) in [5.74, 6) is 0. The van der Waals surface area contributed by atoms with Crippen LogP contribution in [0, 0.1) is 0 Å². The average molecular weight is 231 g/mol. The highest BCUT2D eigenvalue weighted by atomic mass is 16.5. The summed E-state index contributed by atoms with van der Waals surface area (Å²) in [7, 11) is 3.71. The Morgan fingerprint density at radius 2 is 1.94 bits per heavy atom. The van der Waals surface area contributed by atoms with E-state index in [1.54, 1.807) is 7.11 Å². The molecule has 0 aromatic rings. The maximum Gasteiger partial charge on any atom is 0.0704 e. The minimum Gasteiger partial charge on any atom is -0.382 e. The van der Waals surface area contributed by atoms with Crippen molar-refractivity contribution < 1.29 is 14.2 Å². The molecule has 0 aromatic heterocycles. The summed E-state index contributed by atoms with van der Waals surface area (Å²) in [6.45, 7) is 2.68. The molecular formula is C12H25NO3. The van der Waals surface area contributed by atoms with Crippen LogP contribution in [0.5, 0.6) is 0 Å². The predicted molar refractivity (Wildman–Crippen MR) is 63.8 cm³/mol. The van der Waals surface area contributed by atoms with Crippen LogP contribution >= 0.6 is 0 Å². The molecule has 1 rings (SSSR count). The SMILES string of the molecule is CNC1CCCC(OCCOCCOC)C1. The smallest absolute Gasteiger partial charge is 0.0704 e. The molecule has 1 saturated carbocycles. The van der Waals surface area contributed by atoms with Crippen molar-refractivity contribution >= 4 is 0 Å². The number of hydrogen-bond donors (Lipinski definition) is 1. The van der Waals surface area contributed by atoms with Crippen LogP contribution in [0.2, 0.25) is 0 Å². The van der Waals surface area contributed by atoms with E-state index in [4.69, 9.17) is 14.2 Å². The van der Waals surface area contributed by atoms with Crippen LogP contribution in [-0.2, 0) is 14.2 Å². The predicted octanol–water partition coefficient (Wildman–Crippen LogP) is 1.20. The molecule has 0 saturated heterocycles. The van der Waals surface area contributed by atoms with Crippen LogP contribution in [0.3, 0.4) is 0 Å². The van der Waals surface area contributed by atoms with E-state index in [2.05, 4.69) is 5.32 Å². The highest BCUT2D eigenvalue weighted by Crippen LogP contribution is 2.20. The van der Waals surface area contributed by atoms with Crippen LogP contribution in [0.25, 0.3) is 0 Å². The standard InChI is InChI=1S/C12H25NO3/c1-13-11-4-3-5-12(10-11)16-9-8-15-7-6-14-2/h11-13H,3-10H2,1-2H3. The molecule has 0 aromatic carbocycles. The Morgan fingerprint density at radius 1 is 1.12 bits per heavy atom. The van der Waals surface area contributed by atoms with Gasteiger partial charge >= 0.3 is 0 Å². The third-order valence-corrected chi connectivity index (χ3v) is 3.05. The molecular weight excluding hydrogens is 206 g/mol. The zero-order chi connectivity index (χ0) is 11.6. The lowest BCUT2D eigenvalue weighted by molar-refractivity contribution is -0.0223. The molecule has 0 aliphatic heterocycles. The van der Waals surface area contributed by atoms with Gasteiger partial charge in [0.25, 0.3) is 0 Å². The molecule has 4 heteroatoms. The Kier molecular flexibility index (Phi) is 7.76. The summed E-state index contributed by atoms with van der Waals surface area (Å²) in [6, 6.07) is 0.633. The fourth-order valence-corrected chi connectivity index (χ4v) is 2.08. The summed E-state index contributed by atoms with van der Waals surface area (Å²) in [4.78, 5) is 0. The monoisotopic (exact) mass is 231 g/mol. The van der Waals surface area contributed by atoms with Gasteiger partial charge in [-0.2, -0.15) is 0 Å². The summed E-state index contributed by atoms with van der Waals surface area (Å²) in [5.41, 5.74) is 0. The highest BCUT2D eigenvalue weighted by Gasteiger charge is 2.20. The first kappa shape index (κ1) is 13.9. The van der Waals surface area contributed by atoms with Crippen LogP contribution in [0.4, 0.5) is 0 Å². The lowest BCUT2D eigenvalue weighted by atomic mass is 9.93. The van der Waals surface area contributed by atoms with Gasteiger partial charge in [-0.3, -0.25) is 0 Å². The number of hydrogen-bond acceptors (Lipinski definition) is 4. The largest absolute Gasteiger partial charge is 0.382 e. The summed E-state index contributed by atoms with van der Waals surface area (Å²) >= 11 is 0. The number of methoxy groups -OCH3 is 1. The van der Waals surface area contributed by atoms with Gasteiger partial charge in [-0.15, -0.1) is 0 Å². The lowest BCUT2D eigenvalue weighted by Gasteiger charge is -2.28. The second kappa shape index (κ2) is 8.93. The molecule has 4 nitrogen and oxygen atoms in total.